The molecule has 2 aromatic rings. The SMILES string of the molecule is C=C(C)N=c1ccccn1C.Cn1ccccc1=O. The van der Waals surface area contributed by atoms with Crippen LogP contribution < -0.4 is 11.0 Å². The summed E-state index contributed by atoms with van der Waals surface area (Å²) in [7, 11) is 3.68. The first-order valence-electron chi connectivity index (χ1n) is 5.94. The fourth-order valence-corrected chi connectivity index (χ4v) is 1.33. The third-order valence-electron chi connectivity index (χ3n) is 2.34. The fraction of sp³-hybridized carbons (Fsp3) is 0.200. The normalized spacial score (nSPS) is 10.6. The maximum absolute atomic E-state index is 10.6. The van der Waals surface area contributed by atoms with E-state index < -0.39 is 0 Å². The van der Waals surface area contributed by atoms with Gasteiger partial charge in [0, 0.05) is 38.3 Å². The second kappa shape index (κ2) is 7.16. The predicted molar refractivity (Wildman–Crippen MR) is 77.5 cm³/mol. The molecule has 0 saturated heterocycles. The van der Waals surface area contributed by atoms with E-state index in [0.29, 0.717) is 0 Å². The van der Waals surface area contributed by atoms with Crippen LogP contribution in [0.15, 0.2) is 70.9 Å². The molecule has 0 aliphatic carbocycles. The Labute approximate surface area is 113 Å². The highest BCUT2D eigenvalue weighted by atomic mass is 16.1. The van der Waals surface area contributed by atoms with Gasteiger partial charge in [-0.25, -0.2) is 4.99 Å². The van der Waals surface area contributed by atoms with Crippen molar-refractivity contribution in [3.63, 3.8) is 0 Å². The van der Waals surface area contributed by atoms with Gasteiger partial charge >= 0.3 is 0 Å². The van der Waals surface area contributed by atoms with Gasteiger partial charge in [0.15, 0.2) is 0 Å². The highest BCUT2D eigenvalue weighted by molar-refractivity contribution is 4.95. The lowest BCUT2D eigenvalue weighted by Crippen LogP contribution is -2.15. The van der Waals surface area contributed by atoms with Crippen LogP contribution in [0.3, 0.4) is 0 Å². The number of aryl methyl sites for hydroxylation is 2. The van der Waals surface area contributed by atoms with E-state index in [2.05, 4.69) is 11.6 Å². The Morgan fingerprint density at radius 2 is 1.63 bits per heavy atom. The molecule has 4 heteroatoms. The predicted octanol–water partition coefficient (Wildman–Crippen LogP) is 1.84. The smallest absolute Gasteiger partial charge is 0.250 e. The molecule has 2 heterocycles. The third-order valence-corrected chi connectivity index (χ3v) is 2.34. The second-order valence-corrected chi connectivity index (χ2v) is 4.17. The van der Waals surface area contributed by atoms with E-state index in [9.17, 15) is 4.79 Å². The van der Waals surface area contributed by atoms with E-state index in [-0.39, 0.29) is 5.56 Å². The van der Waals surface area contributed by atoms with E-state index in [1.54, 1.807) is 19.3 Å². The van der Waals surface area contributed by atoms with E-state index in [0.717, 1.165) is 11.2 Å². The quantitative estimate of drug-likeness (QED) is 0.768. The van der Waals surface area contributed by atoms with Gasteiger partial charge in [-0.3, -0.25) is 4.79 Å². The zero-order chi connectivity index (χ0) is 14.3. The number of aromatic nitrogens is 2. The van der Waals surface area contributed by atoms with Crippen LogP contribution in [0.2, 0.25) is 0 Å². The summed E-state index contributed by atoms with van der Waals surface area (Å²) in [6, 6.07) is 11.0. The molecule has 4 nitrogen and oxygen atoms in total. The molecule has 0 bridgehead atoms. The van der Waals surface area contributed by atoms with Crippen molar-refractivity contribution in [3.8, 4) is 0 Å². The van der Waals surface area contributed by atoms with Crippen molar-refractivity contribution in [3.05, 3.63) is 76.9 Å². The van der Waals surface area contributed by atoms with Crippen LogP contribution in [-0.2, 0) is 14.1 Å². The monoisotopic (exact) mass is 257 g/mol. The number of allylic oxidation sites excluding steroid dienone is 1. The van der Waals surface area contributed by atoms with Gasteiger partial charge in [-0.1, -0.05) is 18.7 Å². The minimum absolute atomic E-state index is 0.0347. The Morgan fingerprint density at radius 1 is 1.05 bits per heavy atom. The molecule has 0 aliphatic heterocycles. The third kappa shape index (κ3) is 5.21. The van der Waals surface area contributed by atoms with Crippen LogP contribution >= 0.6 is 0 Å². The lowest BCUT2D eigenvalue weighted by molar-refractivity contribution is 0.827. The molecule has 100 valence electrons. The van der Waals surface area contributed by atoms with Crippen molar-refractivity contribution in [2.24, 2.45) is 19.1 Å². The molecule has 0 radical (unpaired) electrons. The highest BCUT2D eigenvalue weighted by Crippen LogP contribution is 1.85. The number of hydrogen-bond donors (Lipinski definition) is 0. The molecule has 0 spiro atoms. The minimum atomic E-state index is 0.0347. The average molecular weight is 257 g/mol. The number of pyridine rings is 2. The summed E-state index contributed by atoms with van der Waals surface area (Å²) in [5.41, 5.74) is 1.79. The molecule has 19 heavy (non-hydrogen) atoms. The number of rotatable bonds is 1. The molecule has 0 aromatic carbocycles. The van der Waals surface area contributed by atoms with Gasteiger partial charge in [0.1, 0.15) is 5.49 Å². The lowest BCUT2D eigenvalue weighted by Gasteiger charge is -1.96. The van der Waals surface area contributed by atoms with Crippen molar-refractivity contribution in [2.75, 3.05) is 0 Å². The van der Waals surface area contributed by atoms with Gasteiger partial charge in [0.05, 0.1) is 0 Å². The Morgan fingerprint density at radius 3 is 2.05 bits per heavy atom. The summed E-state index contributed by atoms with van der Waals surface area (Å²) >= 11 is 0. The number of hydrogen-bond acceptors (Lipinski definition) is 2. The second-order valence-electron chi connectivity index (χ2n) is 4.17. The standard InChI is InChI=1S/C9H12N2.C6H7NO/c1-8(2)10-9-6-4-5-7-11(9)3;1-7-5-3-2-4-6(7)8/h4-7H,1H2,2-3H3;2-5H,1H3. The van der Waals surface area contributed by atoms with Crippen molar-refractivity contribution in [1.82, 2.24) is 9.13 Å². The molecule has 0 saturated carbocycles. The lowest BCUT2D eigenvalue weighted by atomic mass is 10.5. The van der Waals surface area contributed by atoms with Gasteiger partial charge in [0.25, 0.3) is 0 Å². The zero-order valence-corrected chi connectivity index (χ0v) is 11.6. The summed E-state index contributed by atoms with van der Waals surface area (Å²) in [6.45, 7) is 5.59. The van der Waals surface area contributed by atoms with Crippen molar-refractivity contribution in [1.29, 1.82) is 0 Å². The average Bonchev–Trinajstić information content (AvgIpc) is 2.36. The van der Waals surface area contributed by atoms with Crippen LogP contribution in [0.5, 0.6) is 0 Å². The van der Waals surface area contributed by atoms with Gasteiger partial charge in [0.2, 0.25) is 5.56 Å². The molecule has 0 aliphatic rings. The Kier molecular flexibility index (Phi) is 5.54. The first-order valence-corrected chi connectivity index (χ1v) is 5.94. The molecule has 0 N–H and O–H groups in total. The van der Waals surface area contributed by atoms with Crippen molar-refractivity contribution < 1.29 is 0 Å². The Hall–Kier alpha value is -2.36. The van der Waals surface area contributed by atoms with Crippen LogP contribution in [0.1, 0.15) is 6.92 Å². The maximum atomic E-state index is 10.6. The van der Waals surface area contributed by atoms with Gasteiger partial charge < -0.3 is 9.13 Å². The van der Waals surface area contributed by atoms with Crippen molar-refractivity contribution >= 4 is 0 Å². The molecular formula is C15H19N3O. The molecule has 0 amide bonds. The summed E-state index contributed by atoms with van der Waals surface area (Å²) < 4.78 is 3.48. The topological polar surface area (TPSA) is 39.3 Å². The molecule has 0 unspecified atom stereocenters. The zero-order valence-electron chi connectivity index (χ0n) is 11.6. The van der Waals surface area contributed by atoms with E-state index >= 15 is 0 Å². The van der Waals surface area contributed by atoms with Crippen LogP contribution in [0, 0.1) is 0 Å². The summed E-state index contributed by atoms with van der Waals surface area (Å²) in [6.07, 6.45) is 3.68. The number of nitrogens with zero attached hydrogens (tertiary/aromatic N) is 3. The van der Waals surface area contributed by atoms with E-state index in [1.165, 1.54) is 10.6 Å². The largest absolute Gasteiger partial charge is 0.336 e. The summed E-state index contributed by atoms with van der Waals surface area (Å²) in [5, 5.41) is 0. The molecular weight excluding hydrogens is 238 g/mol. The molecule has 2 rings (SSSR count). The summed E-state index contributed by atoms with van der Waals surface area (Å²) in [4.78, 5) is 14.8. The maximum Gasteiger partial charge on any atom is 0.250 e. The summed E-state index contributed by atoms with van der Waals surface area (Å²) in [5.74, 6) is 0. The molecule has 2 aromatic heterocycles. The van der Waals surface area contributed by atoms with Crippen LogP contribution in [-0.4, -0.2) is 9.13 Å². The van der Waals surface area contributed by atoms with Gasteiger partial charge in [-0.05, 0) is 25.1 Å². The van der Waals surface area contributed by atoms with Gasteiger partial charge in [-0.15, -0.1) is 0 Å². The minimum Gasteiger partial charge on any atom is -0.336 e. The van der Waals surface area contributed by atoms with Gasteiger partial charge in [-0.2, -0.15) is 0 Å². The van der Waals surface area contributed by atoms with E-state index in [4.69, 9.17) is 0 Å². The fourth-order valence-electron chi connectivity index (χ4n) is 1.33. The van der Waals surface area contributed by atoms with Crippen molar-refractivity contribution in [2.45, 2.75) is 6.92 Å². The molecule has 0 fully saturated rings. The van der Waals surface area contributed by atoms with Crippen LogP contribution in [0.4, 0.5) is 0 Å². The Balaban J connectivity index is 0.000000200. The molecule has 0 atom stereocenters. The Bertz CT molecular complexity index is 665. The first-order chi connectivity index (χ1) is 9.00. The van der Waals surface area contributed by atoms with Crippen LogP contribution in [0.25, 0.3) is 0 Å². The first kappa shape index (κ1) is 14.7. The van der Waals surface area contributed by atoms with E-state index in [1.807, 2.05) is 49.0 Å². The highest BCUT2D eigenvalue weighted by Gasteiger charge is 1.83.